The Bertz CT molecular complexity index is 607. The average Bonchev–Trinajstić information content (AvgIpc) is 2.47. The summed E-state index contributed by atoms with van der Waals surface area (Å²) in [6, 6.07) is 4.58. The van der Waals surface area contributed by atoms with Gasteiger partial charge in [-0.2, -0.15) is 4.31 Å². The number of nitrogens with zero attached hydrogens (tertiary/aromatic N) is 1. The number of sulfonamides is 1. The second-order valence-corrected chi connectivity index (χ2v) is 6.53. The molecule has 0 aliphatic carbocycles. The Morgan fingerprint density at radius 3 is 2.55 bits per heavy atom. The summed E-state index contributed by atoms with van der Waals surface area (Å²) in [6.45, 7) is 3.86. The SMILES string of the molecule is COC(=O)c1ccc(C)c(S(=O)(=O)N2CCNCC2)c1. The molecule has 6 nitrogen and oxygen atoms in total. The van der Waals surface area contributed by atoms with Crippen LogP contribution < -0.4 is 5.32 Å². The molecule has 0 radical (unpaired) electrons. The summed E-state index contributed by atoms with van der Waals surface area (Å²) < 4.78 is 31.3. The highest BCUT2D eigenvalue weighted by Crippen LogP contribution is 2.22. The molecule has 1 aromatic carbocycles. The van der Waals surface area contributed by atoms with Crippen LogP contribution in [0.15, 0.2) is 23.1 Å². The molecule has 1 aliphatic heterocycles. The average molecular weight is 298 g/mol. The molecule has 110 valence electrons. The van der Waals surface area contributed by atoms with E-state index in [9.17, 15) is 13.2 Å². The first-order valence-electron chi connectivity index (χ1n) is 6.36. The minimum Gasteiger partial charge on any atom is -0.465 e. The van der Waals surface area contributed by atoms with Crippen molar-refractivity contribution in [2.45, 2.75) is 11.8 Å². The van der Waals surface area contributed by atoms with Crippen molar-refractivity contribution in [3.05, 3.63) is 29.3 Å². The number of nitrogens with one attached hydrogen (secondary N) is 1. The predicted octanol–water partition coefficient (Wildman–Crippen LogP) is 0.376. The first-order chi connectivity index (χ1) is 9.46. The second-order valence-electron chi connectivity index (χ2n) is 4.63. The van der Waals surface area contributed by atoms with Crippen molar-refractivity contribution in [2.75, 3.05) is 33.3 Å². The molecular formula is C13H18N2O4S. The van der Waals surface area contributed by atoms with Crippen molar-refractivity contribution >= 4 is 16.0 Å². The standard InChI is InChI=1S/C13H18N2O4S/c1-10-3-4-11(13(16)19-2)9-12(10)20(17,18)15-7-5-14-6-8-15/h3-4,9,14H,5-8H2,1-2H3. The van der Waals surface area contributed by atoms with E-state index in [1.807, 2.05) is 0 Å². The molecule has 0 aromatic heterocycles. The topological polar surface area (TPSA) is 75.7 Å². The Morgan fingerprint density at radius 1 is 1.30 bits per heavy atom. The molecule has 0 amide bonds. The van der Waals surface area contributed by atoms with Crippen molar-refractivity contribution in [3.63, 3.8) is 0 Å². The molecule has 1 N–H and O–H groups in total. The van der Waals surface area contributed by atoms with Crippen LogP contribution >= 0.6 is 0 Å². The van der Waals surface area contributed by atoms with E-state index in [1.165, 1.54) is 17.5 Å². The Balaban J connectivity index is 2.42. The van der Waals surface area contributed by atoms with Gasteiger partial charge in [0.25, 0.3) is 0 Å². The highest BCUT2D eigenvalue weighted by Gasteiger charge is 2.28. The number of benzene rings is 1. The molecule has 1 aliphatic rings. The van der Waals surface area contributed by atoms with Gasteiger partial charge in [-0.3, -0.25) is 0 Å². The van der Waals surface area contributed by atoms with Crippen molar-refractivity contribution < 1.29 is 17.9 Å². The summed E-state index contributed by atoms with van der Waals surface area (Å²) in [6.07, 6.45) is 0. The zero-order valence-electron chi connectivity index (χ0n) is 11.5. The monoisotopic (exact) mass is 298 g/mol. The van der Waals surface area contributed by atoms with Crippen LogP contribution in [-0.2, 0) is 14.8 Å². The van der Waals surface area contributed by atoms with E-state index in [0.717, 1.165) is 0 Å². The number of ether oxygens (including phenoxy) is 1. The first kappa shape index (κ1) is 15.0. The lowest BCUT2D eigenvalue weighted by Crippen LogP contribution is -2.46. The summed E-state index contributed by atoms with van der Waals surface area (Å²) >= 11 is 0. The van der Waals surface area contributed by atoms with Gasteiger partial charge >= 0.3 is 5.97 Å². The van der Waals surface area contributed by atoms with Gasteiger partial charge in [0.1, 0.15) is 0 Å². The van der Waals surface area contributed by atoms with Crippen LogP contribution in [0.3, 0.4) is 0 Å². The van der Waals surface area contributed by atoms with E-state index >= 15 is 0 Å². The fourth-order valence-corrected chi connectivity index (χ4v) is 3.84. The van der Waals surface area contributed by atoms with Crippen LogP contribution in [0.2, 0.25) is 0 Å². The number of piperazine rings is 1. The van der Waals surface area contributed by atoms with Crippen molar-refractivity contribution in [1.82, 2.24) is 9.62 Å². The van der Waals surface area contributed by atoms with E-state index in [-0.39, 0.29) is 10.5 Å². The second kappa shape index (κ2) is 5.90. The number of hydrogen-bond donors (Lipinski definition) is 1. The third-order valence-corrected chi connectivity index (χ3v) is 5.34. The maximum Gasteiger partial charge on any atom is 0.337 e. The highest BCUT2D eigenvalue weighted by atomic mass is 32.2. The third-order valence-electron chi connectivity index (χ3n) is 3.30. The number of esters is 1. The van der Waals surface area contributed by atoms with Crippen LogP contribution in [0, 0.1) is 6.92 Å². The van der Waals surface area contributed by atoms with Gasteiger partial charge in [-0.15, -0.1) is 0 Å². The van der Waals surface area contributed by atoms with Crippen molar-refractivity contribution in [3.8, 4) is 0 Å². The first-order valence-corrected chi connectivity index (χ1v) is 7.80. The van der Waals surface area contributed by atoms with Crippen LogP contribution in [0.1, 0.15) is 15.9 Å². The van der Waals surface area contributed by atoms with Crippen LogP contribution in [0.5, 0.6) is 0 Å². The molecule has 0 bridgehead atoms. The Labute approximate surface area is 118 Å². The molecule has 0 spiro atoms. The van der Waals surface area contributed by atoms with E-state index in [2.05, 4.69) is 10.1 Å². The summed E-state index contributed by atoms with van der Waals surface area (Å²) in [5.74, 6) is -0.540. The summed E-state index contributed by atoms with van der Waals surface area (Å²) in [5, 5.41) is 3.11. The van der Waals surface area contributed by atoms with E-state index in [1.54, 1.807) is 19.1 Å². The minimum atomic E-state index is -3.57. The van der Waals surface area contributed by atoms with Crippen LogP contribution in [-0.4, -0.2) is 52.0 Å². The number of carbonyl (C=O) groups excluding carboxylic acids is 1. The van der Waals surface area contributed by atoms with Crippen LogP contribution in [0.4, 0.5) is 0 Å². The lowest BCUT2D eigenvalue weighted by molar-refractivity contribution is 0.0600. The van der Waals surface area contributed by atoms with Gasteiger partial charge in [0.05, 0.1) is 17.6 Å². The van der Waals surface area contributed by atoms with Crippen LogP contribution in [0.25, 0.3) is 0 Å². The smallest absolute Gasteiger partial charge is 0.337 e. The van der Waals surface area contributed by atoms with Crippen molar-refractivity contribution in [1.29, 1.82) is 0 Å². The zero-order valence-corrected chi connectivity index (χ0v) is 12.4. The summed E-state index contributed by atoms with van der Waals surface area (Å²) in [7, 11) is -2.30. The Morgan fingerprint density at radius 2 is 1.95 bits per heavy atom. The molecule has 2 rings (SSSR count). The van der Waals surface area contributed by atoms with Gasteiger partial charge in [-0.25, -0.2) is 13.2 Å². The molecule has 1 fully saturated rings. The zero-order chi connectivity index (χ0) is 14.8. The number of rotatable bonds is 3. The molecule has 20 heavy (non-hydrogen) atoms. The fraction of sp³-hybridized carbons (Fsp3) is 0.462. The highest BCUT2D eigenvalue weighted by molar-refractivity contribution is 7.89. The summed E-state index contributed by atoms with van der Waals surface area (Å²) in [4.78, 5) is 11.7. The molecule has 0 unspecified atom stereocenters. The number of methoxy groups -OCH3 is 1. The predicted molar refractivity (Wildman–Crippen MR) is 74.1 cm³/mol. The molecule has 1 aromatic rings. The van der Waals surface area contributed by atoms with Gasteiger partial charge in [0, 0.05) is 26.2 Å². The maximum absolute atomic E-state index is 12.6. The van der Waals surface area contributed by atoms with E-state index < -0.39 is 16.0 Å². The number of carbonyl (C=O) groups is 1. The van der Waals surface area contributed by atoms with Gasteiger partial charge in [0.15, 0.2) is 0 Å². The Kier molecular flexibility index (Phi) is 4.42. The minimum absolute atomic E-state index is 0.169. The number of hydrogen-bond acceptors (Lipinski definition) is 5. The lowest BCUT2D eigenvalue weighted by Gasteiger charge is -2.27. The van der Waals surface area contributed by atoms with Gasteiger partial charge in [-0.1, -0.05) is 6.07 Å². The lowest BCUT2D eigenvalue weighted by atomic mass is 10.1. The molecule has 1 saturated heterocycles. The number of aryl methyl sites for hydroxylation is 1. The van der Waals surface area contributed by atoms with E-state index in [4.69, 9.17) is 0 Å². The fourth-order valence-electron chi connectivity index (χ4n) is 2.15. The van der Waals surface area contributed by atoms with Crippen molar-refractivity contribution in [2.24, 2.45) is 0 Å². The molecule has 0 saturated carbocycles. The maximum atomic E-state index is 12.6. The summed E-state index contributed by atoms with van der Waals surface area (Å²) in [5.41, 5.74) is 0.864. The molecule has 7 heteroatoms. The molecule has 0 atom stereocenters. The quantitative estimate of drug-likeness (QED) is 0.816. The molecular weight excluding hydrogens is 280 g/mol. The third kappa shape index (κ3) is 2.84. The normalized spacial score (nSPS) is 16.9. The largest absolute Gasteiger partial charge is 0.465 e. The molecule has 1 heterocycles. The van der Waals surface area contributed by atoms with Gasteiger partial charge in [0.2, 0.25) is 10.0 Å². The van der Waals surface area contributed by atoms with E-state index in [0.29, 0.717) is 31.7 Å². The Hall–Kier alpha value is -1.44. The van der Waals surface area contributed by atoms with Gasteiger partial charge < -0.3 is 10.1 Å². The van der Waals surface area contributed by atoms with Gasteiger partial charge in [-0.05, 0) is 24.6 Å².